The molecule has 4 unspecified atom stereocenters. The molecule has 1 aromatic carbocycles. The van der Waals surface area contributed by atoms with Crippen molar-refractivity contribution >= 4 is 17.6 Å². The SMILES string of the molecule is CCOc1ccccc1NC(=O)C1C(C(=O)[O-])C2C=CC1C21CC1. The van der Waals surface area contributed by atoms with Crippen molar-refractivity contribution in [3.63, 3.8) is 0 Å². The van der Waals surface area contributed by atoms with Crippen LogP contribution in [-0.4, -0.2) is 18.5 Å². The molecule has 24 heavy (non-hydrogen) atoms. The van der Waals surface area contributed by atoms with E-state index in [1.807, 2.05) is 31.2 Å². The second-order valence-electron chi connectivity index (χ2n) is 6.96. The van der Waals surface area contributed by atoms with Crippen LogP contribution in [0.2, 0.25) is 0 Å². The first-order chi connectivity index (χ1) is 11.6. The summed E-state index contributed by atoms with van der Waals surface area (Å²) in [5.74, 6) is -2.13. The lowest BCUT2D eigenvalue weighted by Gasteiger charge is -2.28. The van der Waals surface area contributed by atoms with Gasteiger partial charge in [0.15, 0.2) is 0 Å². The fourth-order valence-electron chi connectivity index (χ4n) is 4.74. The Morgan fingerprint density at radius 3 is 2.50 bits per heavy atom. The van der Waals surface area contributed by atoms with Gasteiger partial charge in [-0.3, -0.25) is 4.79 Å². The van der Waals surface area contributed by atoms with Crippen LogP contribution in [0, 0.1) is 29.1 Å². The van der Waals surface area contributed by atoms with Crippen LogP contribution in [0.25, 0.3) is 0 Å². The number of benzene rings is 1. The Morgan fingerprint density at radius 2 is 1.88 bits per heavy atom. The van der Waals surface area contributed by atoms with Crippen molar-refractivity contribution in [2.75, 3.05) is 11.9 Å². The van der Waals surface area contributed by atoms with E-state index in [2.05, 4.69) is 5.32 Å². The van der Waals surface area contributed by atoms with Gasteiger partial charge in [0.1, 0.15) is 5.75 Å². The Kier molecular flexibility index (Phi) is 3.41. The number of nitrogens with one attached hydrogen (secondary N) is 1. The first-order valence-electron chi connectivity index (χ1n) is 8.50. The van der Waals surface area contributed by atoms with Crippen LogP contribution in [-0.2, 0) is 9.59 Å². The topological polar surface area (TPSA) is 78.5 Å². The van der Waals surface area contributed by atoms with Gasteiger partial charge in [-0.25, -0.2) is 0 Å². The van der Waals surface area contributed by atoms with Crippen LogP contribution < -0.4 is 15.2 Å². The normalized spacial score (nSPS) is 31.2. The van der Waals surface area contributed by atoms with Crippen LogP contribution in [0.15, 0.2) is 36.4 Å². The van der Waals surface area contributed by atoms with Crippen molar-refractivity contribution in [1.29, 1.82) is 0 Å². The average molecular weight is 326 g/mol. The summed E-state index contributed by atoms with van der Waals surface area (Å²) in [5, 5.41) is 14.6. The molecule has 1 aromatic rings. The quantitative estimate of drug-likeness (QED) is 0.834. The zero-order valence-electron chi connectivity index (χ0n) is 13.5. The third-order valence-corrected chi connectivity index (χ3v) is 5.86. The number of hydrogen-bond acceptors (Lipinski definition) is 4. The van der Waals surface area contributed by atoms with Gasteiger partial charge in [-0.05, 0) is 49.1 Å². The summed E-state index contributed by atoms with van der Waals surface area (Å²) in [6.45, 7) is 2.37. The molecule has 2 fully saturated rings. The molecule has 4 rings (SSSR count). The van der Waals surface area contributed by atoms with Crippen LogP contribution >= 0.6 is 0 Å². The zero-order chi connectivity index (χ0) is 16.9. The predicted octanol–water partition coefficient (Wildman–Crippen LogP) is 1.60. The highest BCUT2D eigenvalue weighted by Gasteiger charge is 2.68. The predicted molar refractivity (Wildman–Crippen MR) is 86.0 cm³/mol. The minimum Gasteiger partial charge on any atom is -0.550 e. The second-order valence-corrected chi connectivity index (χ2v) is 6.96. The molecule has 1 N–H and O–H groups in total. The number of amides is 1. The number of ether oxygens (including phenoxy) is 1. The lowest BCUT2D eigenvalue weighted by molar-refractivity contribution is -0.313. The van der Waals surface area contributed by atoms with E-state index in [1.54, 1.807) is 12.1 Å². The molecule has 0 aliphatic heterocycles. The molecule has 5 heteroatoms. The second kappa shape index (κ2) is 5.36. The van der Waals surface area contributed by atoms with Gasteiger partial charge in [0.25, 0.3) is 0 Å². The molecule has 0 radical (unpaired) electrons. The Labute approximate surface area is 140 Å². The fourth-order valence-corrected chi connectivity index (χ4v) is 4.74. The molecule has 2 bridgehead atoms. The Morgan fingerprint density at radius 1 is 1.21 bits per heavy atom. The highest BCUT2D eigenvalue weighted by Crippen LogP contribution is 2.71. The van der Waals surface area contributed by atoms with Crippen molar-refractivity contribution in [1.82, 2.24) is 0 Å². The van der Waals surface area contributed by atoms with Crippen molar-refractivity contribution in [3.8, 4) is 5.75 Å². The van der Waals surface area contributed by atoms with Crippen LogP contribution in [0.3, 0.4) is 0 Å². The fraction of sp³-hybridized carbons (Fsp3) is 0.474. The highest BCUT2D eigenvalue weighted by atomic mass is 16.5. The third kappa shape index (κ3) is 2.07. The van der Waals surface area contributed by atoms with Gasteiger partial charge in [0.2, 0.25) is 5.91 Å². The number of aliphatic carboxylic acids is 1. The van der Waals surface area contributed by atoms with Crippen LogP contribution in [0.1, 0.15) is 19.8 Å². The Balaban J connectivity index is 1.61. The molecule has 3 aliphatic carbocycles. The number of carboxylic acids is 1. The summed E-state index contributed by atoms with van der Waals surface area (Å²) in [5.41, 5.74) is 0.574. The minimum atomic E-state index is -1.11. The highest BCUT2D eigenvalue weighted by molar-refractivity contribution is 5.97. The number of para-hydroxylation sites is 2. The first-order valence-corrected chi connectivity index (χ1v) is 8.50. The van der Waals surface area contributed by atoms with Gasteiger partial charge >= 0.3 is 0 Å². The van der Waals surface area contributed by atoms with E-state index in [0.29, 0.717) is 18.0 Å². The maximum Gasteiger partial charge on any atom is 0.228 e. The smallest absolute Gasteiger partial charge is 0.228 e. The molecule has 126 valence electrons. The van der Waals surface area contributed by atoms with E-state index in [9.17, 15) is 14.7 Å². The van der Waals surface area contributed by atoms with E-state index in [-0.39, 0.29) is 23.2 Å². The zero-order valence-corrected chi connectivity index (χ0v) is 13.5. The summed E-state index contributed by atoms with van der Waals surface area (Å²) >= 11 is 0. The minimum absolute atomic E-state index is 0.00431. The standard InChI is InChI=1S/C19H21NO4/c1-2-24-14-6-4-3-5-13(14)20-17(21)15-11-7-8-12(16(15)18(22)23)19(11)9-10-19/h3-8,11-12,15-16H,2,9-10H2,1H3,(H,20,21)(H,22,23)/p-1. The molecule has 1 spiro atoms. The molecule has 5 nitrogen and oxygen atoms in total. The van der Waals surface area contributed by atoms with Crippen molar-refractivity contribution in [2.24, 2.45) is 29.1 Å². The van der Waals surface area contributed by atoms with E-state index in [0.717, 1.165) is 12.8 Å². The summed E-state index contributed by atoms with van der Waals surface area (Å²) in [7, 11) is 0. The number of rotatable bonds is 5. The van der Waals surface area contributed by atoms with Crippen molar-refractivity contribution in [2.45, 2.75) is 19.8 Å². The molecule has 3 aliphatic rings. The van der Waals surface area contributed by atoms with E-state index in [4.69, 9.17) is 4.74 Å². The molecule has 4 atom stereocenters. The van der Waals surface area contributed by atoms with Gasteiger partial charge in [0.05, 0.1) is 18.2 Å². The number of carbonyl (C=O) groups is 2. The molecule has 0 heterocycles. The van der Waals surface area contributed by atoms with Crippen molar-refractivity contribution < 1.29 is 19.4 Å². The lowest BCUT2D eigenvalue weighted by atomic mass is 9.82. The summed E-state index contributed by atoms with van der Waals surface area (Å²) in [6, 6.07) is 7.22. The van der Waals surface area contributed by atoms with Crippen LogP contribution in [0.5, 0.6) is 5.75 Å². The number of allylic oxidation sites excluding steroid dienone is 2. The largest absolute Gasteiger partial charge is 0.550 e. The maximum atomic E-state index is 12.9. The summed E-state index contributed by atoms with van der Waals surface area (Å²) in [4.78, 5) is 24.6. The van der Waals surface area contributed by atoms with Crippen molar-refractivity contribution in [3.05, 3.63) is 36.4 Å². The summed E-state index contributed by atoms with van der Waals surface area (Å²) < 4.78 is 5.53. The lowest BCUT2D eigenvalue weighted by Crippen LogP contribution is -2.42. The monoisotopic (exact) mass is 326 g/mol. The summed E-state index contributed by atoms with van der Waals surface area (Å²) in [6.07, 6.45) is 6.02. The van der Waals surface area contributed by atoms with E-state index < -0.39 is 17.8 Å². The third-order valence-electron chi connectivity index (χ3n) is 5.86. The molecule has 1 amide bonds. The van der Waals surface area contributed by atoms with Gasteiger partial charge in [0, 0.05) is 11.9 Å². The Bertz CT molecular complexity index is 722. The first kappa shape index (κ1) is 15.2. The van der Waals surface area contributed by atoms with Gasteiger partial charge in [-0.15, -0.1) is 0 Å². The number of carbonyl (C=O) groups excluding carboxylic acids is 2. The molecular formula is C19H20NO4-. The maximum absolute atomic E-state index is 12.9. The van der Waals surface area contributed by atoms with Gasteiger partial charge in [-0.1, -0.05) is 24.3 Å². The van der Waals surface area contributed by atoms with Crippen LogP contribution in [0.4, 0.5) is 5.69 Å². The van der Waals surface area contributed by atoms with Gasteiger partial charge < -0.3 is 20.0 Å². The molecule has 2 saturated carbocycles. The number of hydrogen-bond donors (Lipinski definition) is 1. The average Bonchev–Trinajstić information content (AvgIpc) is 3.22. The van der Waals surface area contributed by atoms with E-state index >= 15 is 0 Å². The number of carboxylic acid groups (broad SMARTS) is 1. The molecular weight excluding hydrogens is 306 g/mol. The number of anilines is 1. The van der Waals surface area contributed by atoms with Gasteiger partial charge in [-0.2, -0.15) is 0 Å². The molecule has 0 aromatic heterocycles. The molecule has 0 saturated heterocycles. The van der Waals surface area contributed by atoms with E-state index in [1.165, 1.54) is 0 Å². The Hall–Kier alpha value is -2.30.